The van der Waals surface area contributed by atoms with Crippen molar-refractivity contribution in [1.82, 2.24) is 19.7 Å². The molecular formula is C17H28N4O. The van der Waals surface area contributed by atoms with Crippen molar-refractivity contribution < 1.29 is 5.11 Å². The van der Waals surface area contributed by atoms with Crippen LogP contribution in [-0.4, -0.2) is 84.3 Å². The highest BCUT2D eigenvalue weighted by Crippen LogP contribution is 2.25. The lowest BCUT2D eigenvalue weighted by Gasteiger charge is -2.34. The first-order valence-electron chi connectivity index (χ1n) is 8.37. The van der Waals surface area contributed by atoms with E-state index in [2.05, 4.69) is 38.9 Å². The highest BCUT2D eigenvalue weighted by atomic mass is 16.3. The molecule has 2 aliphatic rings. The summed E-state index contributed by atoms with van der Waals surface area (Å²) >= 11 is 0. The van der Waals surface area contributed by atoms with Crippen molar-refractivity contribution in [3.05, 3.63) is 30.1 Å². The topological polar surface area (TPSA) is 42.8 Å². The summed E-state index contributed by atoms with van der Waals surface area (Å²) in [6, 6.07) is 4.17. The molecule has 22 heavy (non-hydrogen) atoms. The van der Waals surface area contributed by atoms with E-state index in [1.165, 1.54) is 5.56 Å². The largest absolute Gasteiger partial charge is 0.396 e. The van der Waals surface area contributed by atoms with Crippen LogP contribution in [0, 0.1) is 11.8 Å². The Bertz CT molecular complexity index is 447. The SMILES string of the molecule is CN1CCN(C[C@@H]2CN(Cc3ccncc3)C[C@@H]2CO)CC1. The number of likely N-dealkylation sites (N-methyl/N-ethyl adjacent to an activating group) is 1. The van der Waals surface area contributed by atoms with E-state index in [9.17, 15) is 5.11 Å². The quantitative estimate of drug-likeness (QED) is 0.851. The van der Waals surface area contributed by atoms with Gasteiger partial charge in [-0.2, -0.15) is 0 Å². The fourth-order valence-corrected chi connectivity index (χ4v) is 3.69. The Balaban J connectivity index is 1.53. The summed E-state index contributed by atoms with van der Waals surface area (Å²) in [5.74, 6) is 1.01. The molecule has 3 rings (SSSR count). The number of pyridine rings is 1. The molecule has 2 fully saturated rings. The molecule has 1 aromatic heterocycles. The van der Waals surface area contributed by atoms with Gasteiger partial charge in [0.05, 0.1) is 0 Å². The summed E-state index contributed by atoms with van der Waals surface area (Å²) in [4.78, 5) is 11.5. The van der Waals surface area contributed by atoms with Crippen LogP contribution in [0.5, 0.6) is 0 Å². The van der Waals surface area contributed by atoms with Crippen molar-refractivity contribution in [2.75, 3.05) is 59.5 Å². The lowest BCUT2D eigenvalue weighted by Crippen LogP contribution is -2.47. The molecule has 2 atom stereocenters. The zero-order valence-corrected chi connectivity index (χ0v) is 13.6. The number of piperazine rings is 1. The molecule has 0 amide bonds. The van der Waals surface area contributed by atoms with Gasteiger partial charge in [0.15, 0.2) is 0 Å². The van der Waals surface area contributed by atoms with Crippen LogP contribution >= 0.6 is 0 Å². The van der Waals surface area contributed by atoms with E-state index in [1.807, 2.05) is 12.4 Å². The summed E-state index contributed by atoms with van der Waals surface area (Å²) in [7, 11) is 2.19. The molecule has 5 nitrogen and oxygen atoms in total. The van der Waals surface area contributed by atoms with Crippen molar-refractivity contribution in [2.45, 2.75) is 6.54 Å². The zero-order chi connectivity index (χ0) is 15.4. The molecule has 1 N–H and O–H groups in total. The van der Waals surface area contributed by atoms with E-state index in [1.54, 1.807) is 0 Å². The van der Waals surface area contributed by atoms with Crippen molar-refractivity contribution in [3.63, 3.8) is 0 Å². The number of aromatic nitrogens is 1. The molecule has 0 aromatic carbocycles. The molecule has 0 spiro atoms. The molecule has 2 aliphatic heterocycles. The highest BCUT2D eigenvalue weighted by Gasteiger charge is 2.33. The Morgan fingerprint density at radius 3 is 2.41 bits per heavy atom. The average Bonchev–Trinajstić information content (AvgIpc) is 2.92. The molecular weight excluding hydrogens is 276 g/mol. The number of nitrogens with zero attached hydrogens (tertiary/aromatic N) is 4. The summed E-state index contributed by atoms with van der Waals surface area (Å²) < 4.78 is 0. The molecule has 0 radical (unpaired) electrons. The normalized spacial score (nSPS) is 28.3. The molecule has 0 unspecified atom stereocenters. The van der Waals surface area contributed by atoms with Crippen LogP contribution in [0.3, 0.4) is 0 Å². The van der Waals surface area contributed by atoms with Gasteiger partial charge in [0.25, 0.3) is 0 Å². The first-order valence-corrected chi connectivity index (χ1v) is 8.37. The van der Waals surface area contributed by atoms with Crippen molar-refractivity contribution in [1.29, 1.82) is 0 Å². The van der Waals surface area contributed by atoms with Crippen molar-refractivity contribution >= 4 is 0 Å². The van der Waals surface area contributed by atoms with Gasteiger partial charge in [-0.25, -0.2) is 0 Å². The minimum absolute atomic E-state index is 0.311. The third-order valence-electron chi connectivity index (χ3n) is 5.13. The Hall–Kier alpha value is -1.01. The van der Waals surface area contributed by atoms with Gasteiger partial charge < -0.3 is 14.9 Å². The maximum absolute atomic E-state index is 9.73. The predicted molar refractivity (Wildman–Crippen MR) is 87.5 cm³/mol. The van der Waals surface area contributed by atoms with Gasteiger partial charge in [-0.3, -0.25) is 9.88 Å². The zero-order valence-electron chi connectivity index (χ0n) is 13.6. The van der Waals surface area contributed by atoms with Crippen LogP contribution in [0.15, 0.2) is 24.5 Å². The fourth-order valence-electron chi connectivity index (χ4n) is 3.69. The number of hydrogen-bond acceptors (Lipinski definition) is 5. The number of likely N-dealkylation sites (tertiary alicyclic amines) is 1. The summed E-state index contributed by atoms with van der Waals surface area (Å²) in [5.41, 5.74) is 1.31. The minimum Gasteiger partial charge on any atom is -0.396 e. The standard InChI is InChI=1S/C17H28N4O/c1-19-6-8-20(9-7-19)11-16-12-21(13-17(16)14-22)10-15-2-4-18-5-3-15/h2-5,16-17,22H,6-14H2,1H3/t16-,17-/m1/s1. The molecule has 5 heteroatoms. The Kier molecular flexibility index (Phi) is 5.41. The molecule has 1 aromatic rings. The maximum Gasteiger partial charge on any atom is 0.0475 e. The lowest BCUT2D eigenvalue weighted by atomic mass is 9.96. The van der Waals surface area contributed by atoms with E-state index < -0.39 is 0 Å². The van der Waals surface area contributed by atoms with Crippen molar-refractivity contribution in [2.24, 2.45) is 11.8 Å². The number of aliphatic hydroxyl groups is 1. The summed E-state index contributed by atoms with van der Waals surface area (Å²) in [5, 5.41) is 9.73. The first kappa shape index (κ1) is 15.9. The Morgan fingerprint density at radius 2 is 1.73 bits per heavy atom. The van der Waals surface area contributed by atoms with Gasteiger partial charge in [0.1, 0.15) is 0 Å². The Morgan fingerprint density at radius 1 is 1.05 bits per heavy atom. The average molecular weight is 304 g/mol. The maximum atomic E-state index is 9.73. The second-order valence-corrected chi connectivity index (χ2v) is 6.86. The summed E-state index contributed by atoms with van der Waals surface area (Å²) in [6.07, 6.45) is 3.72. The molecule has 0 saturated carbocycles. The lowest BCUT2D eigenvalue weighted by molar-refractivity contribution is 0.116. The van der Waals surface area contributed by atoms with E-state index in [4.69, 9.17) is 0 Å². The van der Waals surface area contributed by atoms with E-state index >= 15 is 0 Å². The highest BCUT2D eigenvalue weighted by molar-refractivity contribution is 5.10. The number of hydrogen-bond donors (Lipinski definition) is 1. The molecule has 122 valence electrons. The van der Waals surface area contributed by atoms with Gasteiger partial charge in [0, 0.05) is 71.4 Å². The molecule has 0 aliphatic carbocycles. The fraction of sp³-hybridized carbons (Fsp3) is 0.706. The second kappa shape index (κ2) is 7.51. The third kappa shape index (κ3) is 4.04. The van der Waals surface area contributed by atoms with Crippen LogP contribution in [0.2, 0.25) is 0 Å². The minimum atomic E-state index is 0.311. The van der Waals surface area contributed by atoms with Gasteiger partial charge in [-0.05, 0) is 36.6 Å². The Labute approximate surface area is 133 Å². The van der Waals surface area contributed by atoms with Gasteiger partial charge >= 0.3 is 0 Å². The summed E-state index contributed by atoms with van der Waals surface area (Å²) in [6.45, 7) is 9.17. The molecule has 2 saturated heterocycles. The third-order valence-corrected chi connectivity index (χ3v) is 5.13. The van der Waals surface area contributed by atoms with Gasteiger partial charge in [-0.1, -0.05) is 0 Å². The van der Waals surface area contributed by atoms with E-state index in [-0.39, 0.29) is 0 Å². The van der Waals surface area contributed by atoms with Crippen LogP contribution in [-0.2, 0) is 6.54 Å². The number of aliphatic hydroxyl groups excluding tert-OH is 1. The van der Waals surface area contributed by atoms with Gasteiger partial charge in [-0.15, -0.1) is 0 Å². The smallest absolute Gasteiger partial charge is 0.0475 e. The monoisotopic (exact) mass is 304 g/mol. The molecule has 3 heterocycles. The number of rotatable bonds is 5. The first-order chi connectivity index (χ1) is 10.7. The van der Waals surface area contributed by atoms with E-state index in [0.717, 1.165) is 52.4 Å². The van der Waals surface area contributed by atoms with Crippen LogP contribution in [0.1, 0.15) is 5.56 Å². The van der Waals surface area contributed by atoms with Crippen molar-refractivity contribution in [3.8, 4) is 0 Å². The second-order valence-electron chi connectivity index (χ2n) is 6.86. The molecule has 0 bridgehead atoms. The van der Waals surface area contributed by atoms with Crippen LogP contribution in [0.25, 0.3) is 0 Å². The van der Waals surface area contributed by atoms with Crippen LogP contribution < -0.4 is 0 Å². The predicted octanol–water partition coefficient (Wildman–Crippen LogP) is 0.369. The van der Waals surface area contributed by atoms with E-state index in [0.29, 0.717) is 18.4 Å². The van der Waals surface area contributed by atoms with Gasteiger partial charge in [0.2, 0.25) is 0 Å². The van der Waals surface area contributed by atoms with Crippen LogP contribution in [0.4, 0.5) is 0 Å².